The normalized spacial score (nSPS) is 12.4. The zero-order chi connectivity index (χ0) is 11.8. The highest BCUT2D eigenvalue weighted by molar-refractivity contribution is 5.32. The van der Waals surface area contributed by atoms with E-state index in [9.17, 15) is 0 Å². The number of hydrogen-bond acceptors (Lipinski definition) is 3. The molecule has 0 saturated carbocycles. The van der Waals surface area contributed by atoms with Crippen molar-refractivity contribution in [1.82, 2.24) is 5.32 Å². The second kappa shape index (κ2) is 7.25. The average molecular weight is 223 g/mol. The molecule has 0 spiro atoms. The molecule has 0 saturated heterocycles. The first-order valence-electron chi connectivity index (χ1n) is 5.74. The molecule has 1 unspecified atom stereocenters. The molecule has 1 rings (SSSR count). The Bertz CT molecular complexity index is 300. The molecule has 1 aromatic rings. The highest BCUT2D eigenvalue weighted by atomic mass is 16.5. The van der Waals surface area contributed by atoms with Crippen molar-refractivity contribution in [2.45, 2.75) is 32.4 Å². The van der Waals surface area contributed by atoms with Gasteiger partial charge in [-0.15, -0.1) is 0 Å². The summed E-state index contributed by atoms with van der Waals surface area (Å²) in [7, 11) is 1.69. The number of nitrogens with one attached hydrogen (secondary N) is 1. The SMILES string of the molecule is COc1ccccc1CNCCCC(C)O. The Morgan fingerprint density at radius 2 is 2.12 bits per heavy atom. The van der Waals surface area contributed by atoms with Crippen LogP contribution in [0.25, 0.3) is 0 Å². The van der Waals surface area contributed by atoms with Crippen LogP contribution in [0.5, 0.6) is 5.75 Å². The van der Waals surface area contributed by atoms with Gasteiger partial charge in [-0.05, 0) is 32.4 Å². The Hall–Kier alpha value is -1.06. The number of benzene rings is 1. The number of aliphatic hydroxyl groups excluding tert-OH is 1. The fraction of sp³-hybridized carbons (Fsp3) is 0.538. The second-order valence-corrected chi connectivity index (χ2v) is 3.98. The molecule has 0 heterocycles. The standard InChI is InChI=1S/C13H21NO2/c1-11(15)6-5-9-14-10-12-7-3-4-8-13(12)16-2/h3-4,7-8,11,14-15H,5-6,9-10H2,1-2H3. The highest BCUT2D eigenvalue weighted by Crippen LogP contribution is 2.16. The van der Waals surface area contributed by atoms with Crippen molar-refractivity contribution in [3.63, 3.8) is 0 Å². The minimum absolute atomic E-state index is 0.201. The molecule has 1 aromatic carbocycles. The molecular weight excluding hydrogens is 202 g/mol. The number of hydrogen-bond donors (Lipinski definition) is 2. The van der Waals surface area contributed by atoms with Gasteiger partial charge in [0.05, 0.1) is 13.2 Å². The molecule has 0 radical (unpaired) electrons. The van der Waals surface area contributed by atoms with E-state index in [-0.39, 0.29) is 6.10 Å². The minimum atomic E-state index is -0.201. The summed E-state index contributed by atoms with van der Waals surface area (Å²) in [4.78, 5) is 0. The molecule has 0 bridgehead atoms. The summed E-state index contributed by atoms with van der Waals surface area (Å²) in [6.45, 7) is 3.55. The van der Waals surface area contributed by atoms with Crippen LogP contribution in [0.15, 0.2) is 24.3 Å². The van der Waals surface area contributed by atoms with Crippen LogP contribution >= 0.6 is 0 Å². The zero-order valence-electron chi connectivity index (χ0n) is 10.1. The fourth-order valence-electron chi connectivity index (χ4n) is 1.59. The molecule has 3 nitrogen and oxygen atoms in total. The predicted molar refractivity (Wildman–Crippen MR) is 65.6 cm³/mol. The summed E-state index contributed by atoms with van der Waals surface area (Å²) in [5.41, 5.74) is 1.17. The summed E-state index contributed by atoms with van der Waals surface area (Å²) in [6, 6.07) is 8.00. The van der Waals surface area contributed by atoms with Crippen molar-refractivity contribution in [2.75, 3.05) is 13.7 Å². The van der Waals surface area contributed by atoms with E-state index in [1.54, 1.807) is 7.11 Å². The quantitative estimate of drug-likeness (QED) is 0.694. The van der Waals surface area contributed by atoms with Crippen molar-refractivity contribution in [2.24, 2.45) is 0 Å². The van der Waals surface area contributed by atoms with E-state index in [1.165, 1.54) is 5.56 Å². The molecule has 0 aliphatic heterocycles. The smallest absolute Gasteiger partial charge is 0.123 e. The highest BCUT2D eigenvalue weighted by Gasteiger charge is 2.00. The van der Waals surface area contributed by atoms with Crippen LogP contribution in [0.1, 0.15) is 25.3 Å². The van der Waals surface area contributed by atoms with E-state index >= 15 is 0 Å². The van der Waals surface area contributed by atoms with Crippen molar-refractivity contribution < 1.29 is 9.84 Å². The lowest BCUT2D eigenvalue weighted by atomic mass is 10.2. The topological polar surface area (TPSA) is 41.5 Å². The van der Waals surface area contributed by atoms with E-state index in [4.69, 9.17) is 9.84 Å². The van der Waals surface area contributed by atoms with Gasteiger partial charge in [-0.25, -0.2) is 0 Å². The fourth-order valence-corrected chi connectivity index (χ4v) is 1.59. The molecule has 90 valence electrons. The van der Waals surface area contributed by atoms with E-state index < -0.39 is 0 Å². The van der Waals surface area contributed by atoms with E-state index in [1.807, 2.05) is 25.1 Å². The van der Waals surface area contributed by atoms with Crippen LogP contribution in [0.3, 0.4) is 0 Å². The Morgan fingerprint density at radius 1 is 1.38 bits per heavy atom. The third-order valence-electron chi connectivity index (χ3n) is 2.48. The van der Waals surface area contributed by atoms with Gasteiger partial charge in [-0.2, -0.15) is 0 Å². The number of aliphatic hydroxyl groups is 1. The van der Waals surface area contributed by atoms with Gasteiger partial charge in [0.25, 0.3) is 0 Å². The van der Waals surface area contributed by atoms with Gasteiger partial charge in [-0.1, -0.05) is 18.2 Å². The first-order chi connectivity index (χ1) is 7.74. The molecule has 1 atom stereocenters. The first-order valence-corrected chi connectivity index (χ1v) is 5.74. The molecule has 0 fully saturated rings. The number of rotatable bonds is 7. The Labute approximate surface area is 97.4 Å². The van der Waals surface area contributed by atoms with Crippen LogP contribution in [-0.4, -0.2) is 24.9 Å². The Balaban J connectivity index is 2.26. The summed E-state index contributed by atoms with van der Waals surface area (Å²) >= 11 is 0. The minimum Gasteiger partial charge on any atom is -0.496 e. The van der Waals surface area contributed by atoms with Gasteiger partial charge in [0.2, 0.25) is 0 Å². The third kappa shape index (κ3) is 4.64. The van der Waals surface area contributed by atoms with Crippen molar-refractivity contribution >= 4 is 0 Å². The van der Waals surface area contributed by atoms with Crippen LogP contribution in [-0.2, 0) is 6.54 Å². The first kappa shape index (κ1) is 13.0. The maximum atomic E-state index is 9.10. The average Bonchev–Trinajstić information content (AvgIpc) is 2.29. The molecule has 0 aromatic heterocycles. The summed E-state index contributed by atoms with van der Waals surface area (Å²) < 4.78 is 5.26. The van der Waals surface area contributed by atoms with Crippen molar-refractivity contribution in [1.29, 1.82) is 0 Å². The monoisotopic (exact) mass is 223 g/mol. The number of para-hydroxylation sites is 1. The largest absolute Gasteiger partial charge is 0.496 e. The van der Waals surface area contributed by atoms with Crippen molar-refractivity contribution in [3.05, 3.63) is 29.8 Å². The molecular formula is C13H21NO2. The number of methoxy groups -OCH3 is 1. The number of ether oxygens (including phenoxy) is 1. The molecule has 0 aliphatic carbocycles. The third-order valence-corrected chi connectivity index (χ3v) is 2.48. The lowest BCUT2D eigenvalue weighted by Gasteiger charge is -2.09. The van der Waals surface area contributed by atoms with Crippen LogP contribution in [0.2, 0.25) is 0 Å². The summed E-state index contributed by atoms with van der Waals surface area (Å²) in [5, 5.41) is 12.4. The van der Waals surface area contributed by atoms with Gasteiger partial charge in [0, 0.05) is 12.1 Å². The Kier molecular flexibility index (Phi) is 5.90. The molecule has 0 aliphatic rings. The van der Waals surface area contributed by atoms with Gasteiger partial charge in [0.15, 0.2) is 0 Å². The molecule has 0 amide bonds. The maximum Gasteiger partial charge on any atom is 0.123 e. The second-order valence-electron chi connectivity index (χ2n) is 3.98. The van der Waals surface area contributed by atoms with Crippen LogP contribution in [0.4, 0.5) is 0 Å². The van der Waals surface area contributed by atoms with E-state index in [0.29, 0.717) is 0 Å². The predicted octanol–water partition coefficient (Wildman–Crippen LogP) is 1.95. The van der Waals surface area contributed by atoms with E-state index in [2.05, 4.69) is 11.4 Å². The van der Waals surface area contributed by atoms with Gasteiger partial charge in [0.1, 0.15) is 5.75 Å². The molecule has 2 N–H and O–H groups in total. The van der Waals surface area contributed by atoms with Gasteiger partial charge in [-0.3, -0.25) is 0 Å². The zero-order valence-corrected chi connectivity index (χ0v) is 10.1. The lowest BCUT2D eigenvalue weighted by Crippen LogP contribution is -2.16. The van der Waals surface area contributed by atoms with Gasteiger partial charge >= 0.3 is 0 Å². The molecule has 3 heteroatoms. The van der Waals surface area contributed by atoms with Gasteiger partial charge < -0.3 is 15.2 Å². The van der Waals surface area contributed by atoms with Crippen molar-refractivity contribution in [3.8, 4) is 5.75 Å². The van der Waals surface area contributed by atoms with Crippen LogP contribution in [0, 0.1) is 0 Å². The molecule has 16 heavy (non-hydrogen) atoms. The Morgan fingerprint density at radius 3 is 2.81 bits per heavy atom. The van der Waals surface area contributed by atoms with E-state index in [0.717, 1.165) is 31.7 Å². The summed E-state index contributed by atoms with van der Waals surface area (Å²) in [6.07, 6.45) is 1.64. The maximum absolute atomic E-state index is 9.10. The summed E-state index contributed by atoms with van der Waals surface area (Å²) in [5.74, 6) is 0.922. The lowest BCUT2D eigenvalue weighted by molar-refractivity contribution is 0.181. The van der Waals surface area contributed by atoms with Crippen LogP contribution < -0.4 is 10.1 Å².